The van der Waals surface area contributed by atoms with Crippen molar-refractivity contribution < 1.29 is 13.2 Å². The Balaban J connectivity index is 1.64. The van der Waals surface area contributed by atoms with E-state index in [4.69, 9.17) is 0 Å². The Kier molecular flexibility index (Phi) is 4.78. The minimum absolute atomic E-state index is 0.0639. The summed E-state index contributed by atoms with van der Waals surface area (Å²) in [6, 6.07) is 12.9. The molecule has 0 radical (unpaired) electrons. The van der Waals surface area contributed by atoms with Crippen molar-refractivity contribution in [3.63, 3.8) is 0 Å². The zero-order valence-electron chi connectivity index (χ0n) is 15.5. The minimum Gasteiger partial charge on any atom is -0.339 e. The van der Waals surface area contributed by atoms with Crippen molar-refractivity contribution in [3.05, 3.63) is 64.7 Å². The number of benzene rings is 2. The molecule has 1 fully saturated rings. The molecule has 0 N–H and O–H groups in total. The number of carbonyl (C=O) groups excluding carboxylic acids is 1. The lowest BCUT2D eigenvalue weighted by Gasteiger charge is -2.28. The van der Waals surface area contributed by atoms with Gasteiger partial charge in [0.15, 0.2) is 0 Å². The molecular formula is C21H24N2O3S. The molecule has 0 saturated carbocycles. The quantitative estimate of drug-likeness (QED) is 0.817. The van der Waals surface area contributed by atoms with Gasteiger partial charge in [0.05, 0.1) is 4.90 Å². The summed E-state index contributed by atoms with van der Waals surface area (Å²) in [6.07, 6.45) is 2.73. The van der Waals surface area contributed by atoms with Gasteiger partial charge in [0.25, 0.3) is 5.91 Å². The second-order valence-electron chi connectivity index (χ2n) is 7.33. The molecule has 2 heterocycles. The van der Waals surface area contributed by atoms with Gasteiger partial charge in [0, 0.05) is 31.7 Å². The third-order valence-corrected chi connectivity index (χ3v) is 7.41. The molecule has 0 spiro atoms. The van der Waals surface area contributed by atoms with Crippen LogP contribution >= 0.6 is 0 Å². The van der Waals surface area contributed by atoms with E-state index in [0.29, 0.717) is 25.1 Å². The smallest absolute Gasteiger partial charge is 0.254 e. The molecule has 0 aromatic heterocycles. The van der Waals surface area contributed by atoms with Gasteiger partial charge in [0.1, 0.15) is 0 Å². The number of rotatable bonds is 3. The van der Waals surface area contributed by atoms with Gasteiger partial charge in [-0.25, -0.2) is 8.42 Å². The zero-order chi connectivity index (χ0) is 19.0. The molecule has 6 heteroatoms. The molecule has 2 aliphatic rings. The third-order valence-electron chi connectivity index (χ3n) is 5.57. The van der Waals surface area contributed by atoms with Crippen LogP contribution in [0.3, 0.4) is 0 Å². The summed E-state index contributed by atoms with van der Waals surface area (Å²) >= 11 is 0. The number of hydrogen-bond acceptors (Lipinski definition) is 3. The summed E-state index contributed by atoms with van der Waals surface area (Å²) in [5.41, 5.74) is 3.57. The molecule has 0 aliphatic carbocycles. The zero-order valence-corrected chi connectivity index (χ0v) is 16.3. The summed E-state index contributed by atoms with van der Waals surface area (Å²) in [4.78, 5) is 14.8. The average Bonchev–Trinajstić information content (AvgIpc) is 3.22. The highest BCUT2D eigenvalue weighted by molar-refractivity contribution is 7.89. The number of fused-ring (bicyclic) bond motifs is 1. The number of hydrogen-bond donors (Lipinski definition) is 0. The van der Waals surface area contributed by atoms with Gasteiger partial charge in [-0.1, -0.05) is 30.3 Å². The third kappa shape index (κ3) is 3.39. The first-order valence-corrected chi connectivity index (χ1v) is 10.9. The van der Waals surface area contributed by atoms with Gasteiger partial charge in [0.2, 0.25) is 10.0 Å². The van der Waals surface area contributed by atoms with Gasteiger partial charge in [-0.3, -0.25) is 4.79 Å². The van der Waals surface area contributed by atoms with Crippen molar-refractivity contribution >= 4 is 15.9 Å². The van der Waals surface area contributed by atoms with Crippen LogP contribution in [0.2, 0.25) is 0 Å². The fraction of sp³-hybridized carbons (Fsp3) is 0.381. The van der Waals surface area contributed by atoms with E-state index in [1.165, 1.54) is 9.87 Å². The van der Waals surface area contributed by atoms with Gasteiger partial charge >= 0.3 is 0 Å². The molecule has 2 aliphatic heterocycles. The number of amides is 1. The van der Waals surface area contributed by atoms with Gasteiger partial charge in [-0.15, -0.1) is 0 Å². The van der Waals surface area contributed by atoms with E-state index in [9.17, 15) is 13.2 Å². The Morgan fingerprint density at radius 1 is 0.963 bits per heavy atom. The highest BCUT2D eigenvalue weighted by Crippen LogP contribution is 2.27. The van der Waals surface area contributed by atoms with Crippen LogP contribution in [-0.2, 0) is 23.0 Å². The highest BCUT2D eigenvalue weighted by Gasteiger charge is 2.30. The molecule has 0 atom stereocenters. The van der Waals surface area contributed by atoms with Crippen molar-refractivity contribution in [1.82, 2.24) is 9.21 Å². The molecule has 5 nitrogen and oxygen atoms in total. The van der Waals surface area contributed by atoms with E-state index < -0.39 is 10.0 Å². The van der Waals surface area contributed by atoms with Gasteiger partial charge < -0.3 is 4.90 Å². The van der Waals surface area contributed by atoms with E-state index in [-0.39, 0.29) is 10.8 Å². The SMILES string of the molecule is Cc1ccc(S(=O)(=O)N2CCc3ccccc3C2)cc1C(=O)N1CCCC1. The van der Waals surface area contributed by atoms with Crippen molar-refractivity contribution in [2.45, 2.75) is 37.6 Å². The number of carbonyl (C=O) groups is 1. The number of likely N-dealkylation sites (tertiary alicyclic amines) is 1. The maximum atomic E-state index is 13.2. The van der Waals surface area contributed by atoms with E-state index in [0.717, 1.165) is 37.1 Å². The molecule has 142 valence electrons. The van der Waals surface area contributed by atoms with E-state index in [2.05, 4.69) is 6.07 Å². The first-order valence-electron chi connectivity index (χ1n) is 9.44. The van der Waals surface area contributed by atoms with Crippen LogP contribution in [0.4, 0.5) is 0 Å². The maximum absolute atomic E-state index is 13.2. The second kappa shape index (κ2) is 7.09. The molecule has 27 heavy (non-hydrogen) atoms. The largest absolute Gasteiger partial charge is 0.339 e. The van der Waals surface area contributed by atoms with Crippen LogP contribution in [0, 0.1) is 6.92 Å². The van der Waals surface area contributed by atoms with Gasteiger partial charge in [-0.2, -0.15) is 4.31 Å². The number of nitrogens with zero attached hydrogens (tertiary/aromatic N) is 2. The van der Waals surface area contributed by atoms with Crippen molar-refractivity contribution in [2.75, 3.05) is 19.6 Å². The Morgan fingerprint density at radius 2 is 1.67 bits per heavy atom. The fourth-order valence-corrected chi connectivity index (χ4v) is 5.35. The van der Waals surface area contributed by atoms with E-state index in [1.807, 2.05) is 30.0 Å². The predicted octanol–water partition coefficient (Wildman–Crippen LogP) is 2.98. The Morgan fingerprint density at radius 3 is 2.41 bits per heavy atom. The van der Waals surface area contributed by atoms with Crippen LogP contribution in [0.5, 0.6) is 0 Å². The van der Waals surface area contributed by atoms with Crippen molar-refractivity contribution in [2.24, 2.45) is 0 Å². The maximum Gasteiger partial charge on any atom is 0.254 e. The van der Waals surface area contributed by atoms with Crippen LogP contribution in [-0.4, -0.2) is 43.2 Å². The minimum atomic E-state index is -3.64. The molecule has 0 bridgehead atoms. The Labute approximate surface area is 160 Å². The topological polar surface area (TPSA) is 57.7 Å². The van der Waals surface area contributed by atoms with Crippen LogP contribution < -0.4 is 0 Å². The normalized spacial score (nSPS) is 17.7. The number of aryl methyl sites for hydroxylation is 1. The highest BCUT2D eigenvalue weighted by atomic mass is 32.2. The first-order chi connectivity index (χ1) is 13.0. The fourth-order valence-electron chi connectivity index (χ4n) is 3.91. The van der Waals surface area contributed by atoms with Gasteiger partial charge in [-0.05, 0) is 55.0 Å². The standard InChI is InChI=1S/C21H24N2O3S/c1-16-8-9-19(14-20(16)21(24)22-11-4-5-12-22)27(25,26)23-13-10-17-6-2-3-7-18(17)15-23/h2-3,6-9,14H,4-5,10-13,15H2,1H3. The summed E-state index contributed by atoms with van der Waals surface area (Å²) in [5, 5.41) is 0. The van der Waals surface area contributed by atoms with Crippen LogP contribution in [0.15, 0.2) is 47.4 Å². The molecule has 1 amide bonds. The second-order valence-corrected chi connectivity index (χ2v) is 9.27. The first kappa shape index (κ1) is 18.2. The Bertz CT molecular complexity index is 979. The average molecular weight is 385 g/mol. The Hall–Kier alpha value is -2.18. The predicted molar refractivity (Wildman–Crippen MR) is 104 cm³/mol. The van der Waals surface area contributed by atoms with Crippen molar-refractivity contribution in [3.8, 4) is 0 Å². The molecule has 2 aromatic carbocycles. The lowest BCUT2D eigenvalue weighted by Crippen LogP contribution is -2.36. The van der Waals surface area contributed by atoms with Crippen LogP contribution in [0.25, 0.3) is 0 Å². The van der Waals surface area contributed by atoms with Crippen molar-refractivity contribution in [1.29, 1.82) is 0 Å². The molecule has 4 rings (SSSR count). The summed E-state index contributed by atoms with van der Waals surface area (Å²) < 4.78 is 27.9. The monoisotopic (exact) mass is 384 g/mol. The summed E-state index contributed by atoms with van der Waals surface area (Å²) in [6.45, 7) is 4.19. The van der Waals surface area contributed by atoms with Crippen LogP contribution in [0.1, 0.15) is 39.9 Å². The molecular weight excluding hydrogens is 360 g/mol. The molecule has 0 unspecified atom stereocenters. The lowest BCUT2D eigenvalue weighted by atomic mass is 10.0. The summed E-state index contributed by atoms with van der Waals surface area (Å²) in [7, 11) is -3.64. The van der Waals surface area contributed by atoms with E-state index >= 15 is 0 Å². The summed E-state index contributed by atoms with van der Waals surface area (Å²) in [5.74, 6) is -0.0639. The van der Waals surface area contributed by atoms with E-state index in [1.54, 1.807) is 18.2 Å². The molecule has 1 saturated heterocycles. The number of sulfonamides is 1. The molecule has 2 aromatic rings. The lowest BCUT2D eigenvalue weighted by molar-refractivity contribution is 0.0792.